The van der Waals surface area contributed by atoms with E-state index in [2.05, 4.69) is 10.1 Å². The normalized spacial score (nSPS) is 16.1. The van der Waals surface area contributed by atoms with Crippen molar-refractivity contribution in [3.05, 3.63) is 11.4 Å². The second-order valence-electron chi connectivity index (χ2n) is 2.69. The van der Waals surface area contributed by atoms with Crippen molar-refractivity contribution in [3.8, 4) is 0 Å². The van der Waals surface area contributed by atoms with Gasteiger partial charge in [0, 0.05) is 13.1 Å². The van der Waals surface area contributed by atoms with E-state index in [0.29, 0.717) is 5.57 Å². The Bertz CT molecular complexity index is 265. The van der Waals surface area contributed by atoms with Crippen LogP contribution in [0.3, 0.4) is 0 Å². The number of halogens is 4. The van der Waals surface area contributed by atoms with Gasteiger partial charge in [-0.15, -0.1) is 0 Å². The third-order valence-electron chi connectivity index (χ3n) is 1.62. The molecule has 0 aromatic carbocycles. The molecule has 0 aliphatic carbocycles. The molecule has 0 radical (unpaired) electrons. The molecule has 3 nitrogen and oxygen atoms in total. The summed E-state index contributed by atoms with van der Waals surface area (Å²) in [5.74, 6) is -3.19. The highest BCUT2D eigenvalue weighted by atomic mass is 19.4. The van der Waals surface area contributed by atoms with E-state index in [9.17, 15) is 22.4 Å². The first kappa shape index (κ1) is 11.0. The summed E-state index contributed by atoms with van der Waals surface area (Å²) in [6, 6.07) is 0. The van der Waals surface area contributed by atoms with E-state index in [1.807, 2.05) is 0 Å². The van der Waals surface area contributed by atoms with Crippen molar-refractivity contribution in [1.29, 1.82) is 0 Å². The number of carbonyl (C=O) groups excluding carboxylic acids is 1. The van der Waals surface area contributed by atoms with E-state index in [1.165, 1.54) is 0 Å². The second-order valence-corrected chi connectivity index (χ2v) is 2.69. The van der Waals surface area contributed by atoms with Gasteiger partial charge in [-0.3, -0.25) is 0 Å². The van der Waals surface area contributed by atoms with Gasteiger partial charge in [0.1, 0.15) is 12.4 Å². The first-order chi connectivity index (χ1) is 6.41. The maximum atomic E-state index is 12.8. The molecule has 0 amide bonds. The molecule has 1 fully saturated rings. The van der Waals surface area contributed by atoms with Crippen LogP contribution in [-0.4, -0.2) is 31.8 Å². The summed E-state index contributed by atoms with van der Waals surface area (Å²) in [4.78, 5) is 10.1. The molecule has 0 aromatic heterocycles. The molecule has 80 valence electrons. The monoisotopic (exact) mass is 213 g/mol. The molecule has 14 heavy (non-hydrogen) atoms. The fraction of sp³-hybridized carbons (Fsp3) is 0.571. The van der Waals surface area contributed by atoms with E-state index in [1.54, 1.807) is 0 Å². The Labute approximate surface area is 76.7 Å². The lowest BCUT2D eigenvalue weighted by atomic mass is 10.1. The predicted octanol–water partition coefficient (Wildman–Crippen LogP) is 0.919. The zero-order valence-corrected chi connectivity index (χ0v) is 6.95. The average Bonchev–Trinajstić information content (AvgIpc) is 1.94. The molecular formula is C7H7F4NO2. The molecule has 1 rings (SSSR count). The molecule has 1 aliphatic rings. The van der Waals surface area contributed by atoms with Crippen LogP contribution >= 0.6 is 0 Å². The zero-order chi connectivity index (χ0) is 10.8. The van der Waals surface area contributed by atoms with Gasteiger partial charge < -0.3 is 10.1 Å². The smallest absolute Gasteiger partial charge is 0.452 e. The predicted molar refractivity (Wildman–Crippen MR) is 38.0 cm³/mol. The van der Waals surface area contributed by atoms with Crippen LogP contribution in [0.5, 0.6) is 0 Å². The van der Waals surface area contributed by atoms with Gasteiger partial charge in [0.25, 0.3) is 0 Å². The Morgan fingerprint density at radius 1 is 1.43 bits per heavy atom. The fourth-order valence-corrected chi connectivity index (χ4v) is 0.755. The van der Waals surface area contributed by atoms with Crippen molar-refractivity contribution in [2.24, 2.45) is 0 Å². The van der Waals surface area contributed by atoms with Crippen molar-refractivity contribution in [1.82, 2.24) is 5.32 Å². The Hall–Kier alpha value is -1.11. The summed E-state index contributed by atoms with van der Waals surface area (Å²) in [6.45, 7) is -0.375. The third kappa shape index (κ3) is 2.69. The quantitative estimate of drug-likeness (QED) is 0.547. The summed E-state index contributed by atoms with van der Waals surface area (Å²) < 4.78 is 51.2. The fourth-order valence-electron chi connectivity index (χ4n) is 0.755. The molecule has 7 heteroatoms. The second kappa shape index (κ2) is 3.95. The lowest BCUT2D eigenvalue weighted by Gasteiger charge is -2.19. The van der Waals surface area contributed by atoms with Crippen LogP contribution in [0.2, 0.25) is 0 Å². The van der Waals surface area contributed by atoms with Gasteiger partial charge in [-0.05, 0) is 5.57 Å². The van der Waals surface area contributed by atoms with Gasteiger partial charge in [0.05, 0.1) is 0 Å². The molecule has 0 aromatic rings. The molecule has 1 aliphatic heterocycles. The third-order valence-corrected chi connectivity index (χ3v) is 1.62. The van der Waals surface area contributed by atoms with Crippen LogP contribution in [-0.2, 0) is 9.53 Å². The number of hydrogen-bond donors (Lipinski definition) is 1. The average molecular weight is 213 g/mol. The van der Waals surface area contributed by atoms with Crippen molar-refractivity contribution < 1.29 is 27.1 Å². The number of rotatable bonds is 2. The standard InChI is InChI=1S/C7H7F4NO2/c8-5(4-1-12-2-4)3-14-6(13)7(9,10)11/h12H,1-3H2. The first-order valence-corrected chi connectivity index (χ1v) is 3.72. The summed E-state index contributed by atoms with van der Waals surface area (Å²) >= 11 is 0. The molecular weight excluding hydrogens is 206 g/mol. The highest BCUT2D eigenvalue weighted by Crippen LogP contribution is 2.18. The maximum absolute atomic E-state index is 12.8. The van der Waals surface area contributed by atoms with Gasteiger partial charge in [-0.1, -0.05) is 0 Å². The van der Waals surface area contributed by atoms with Crippen LogP contribution in [0.15, 0.2) is 11.4 Å². The van der Waals surface area contributed by atoms with E-state index < -0.39 is 24.6 Å². The zero-order valence-electron chi connectivity index (χ0n) is 6.95. The molecule has 0 saturated carbocycles. The topological polar surface area (TPSA) is 38.3 Å². The van der Waals surface area contributed by atoms with Crippen molar-refractivity contribution in [2.45, 2.75) is 6.18 Å². The van der Waals surface area contributed by atoms with Crippen LogP contribution < -0.4 is 5.32 Å². The Morgan fingerprint density at radius 3 is 2.36 bits per heavy atom. The van der Waals surface area contributed by atoms with Crippen molar-refractivity contribution in [3.63, 3.8) is 0 Å². The lowest BCUT2D eigenvalue weighted by Crippen LogP contribution is -2.35. The van der Waals surface area contributed by atoms with Crippen molar-refractivity contribution >= 4 is 5.97 Å². The number of nitrogens with one attached hydrogen (secondary N) is 1. The van der Waals surface area contributed by atoms with Crippen LogP contribution in [0, 0.1) is 0 Å². The van der Waals surface area contributed by atoms with Gasteiger partial charge in [-0.25, -0.2) is 9.18 Å². The highest BCUT2D eigenvalue weighted by molar-refractivity contribution is 5.75. The SMILES string of the molecule is O=C(OCC(F)=C1CNC1)C(F)(F)F. The lowest BCUT2D eigenvalue weighted by molar-refractivity contribution is -0.199. The number of alkyl halides is 3. The largest absolute Gasteiger partial charge is 0.490 e. The maximum Gasteiger partial charge on any atom is 0.490 e. The highest BCUT2D eigenvalue weighted by Gasteiger charge is 2.41. The summed E-state index contributed by atoms with van der Waals surface area (Å²) in [5.41, 5.74) is 0.333. The van der Waals surface area contributed by atoms with E-state index >= 15 is 0 Å². The minimum absolute atomic E-state index is 0.287. The molecule has 1 saturated heterocycles. The number of carbonyl (C=O) groups is 1. The number of hydrogen-bond acceptors (Lipinski definition) is 3. The minimum Gasteiger partial charge on any atom is -0.452 e. The molecule has 0 atom stereocenters. The van der Waals surface area contributed by atoms with Crippen LogP contribution in [0.1, 0.15) is 0 Å². The van der Waals surface area contributed by atoms with Gasteiger partial charge in [-0.2, -0.15) is 13.2 Å². The Balaban J connectivity index is 2.37. The van der Waals surface area contributed by atoms with E-state index in [0.717, 1.165) is 0 Å². The summed E-state index contributed by atoms with van der Waals surface area (Å²) in [7, 11) is 0. The molecule has 1 heterocycles. The van der Waals surface area contributed by atoms with E-state index in [-0.39, 0.29) is 13.1 Å². The Morgan fingerprint density at radius 2 is 2.00 bits per heavy atom. The van der Waals surface area contributed by atoms with Crippen LogP contribution in [0.4, 0.5) is 17.6 Å². The molecule has 0 unspecified atom stereocenters. The first-order valence-electron chi connectivity index (χ1n) is 3.72. The van der Waals surface area contributed by atoms with Gasteiger partial charge >= 0.3 is 12.1 Å². The number of ether oxygens (including phenoxy) is 1. The summed E-state index contributed by atoms with van der Waals surface area (Å²) in [6.07, 6.45) is -5.07. The molecule has 1 N–H and O–H groups in total. The van der Waals surface area contributed by atoms with E-state index in [4.69, 9.17) is 0 Å². The minimum atomic E-state index is -5.07. The summed E-state index contributed by atoms with van der Waals surface area (Å²) in [5, 5.41) is 2.70. The molecule has 0 bridgehead atoms. The van der Waals surface area contributed by atoms with Gasteiger partial charge in [0.15, 0.2) is 0 Å². The van der Waals surface area contributed by atoms with Crippen molar-refractivity contribution in [2.75, 3.05) is 19.7 Å². The Kier molecular flexibility index (Phi) is 3.10. The molecule has 0 spiro atoms. The number of esters is 1. The van der Waals surface area contributed by atoms with Gasteiger partial charge in [0.2, 0.25) is 0 Å². The van der Waals surface area contributed by atoms with Crippen LogP contribution in [0.25, 0.3) is 0 Å².